The van der Waals surface area contributed by atoms with Gasteiger partial charge in [-0.2, -0.15) is 11.8 Å². The highest BCUT2D eigenvalue weighted by atomic mass is 32.2. The molecule has 2 rings (SSSR count). The Morgan fingerprint density at radius 2 is 2.18 bits per heavy atom. The minimum Gasteiger partial charge on any atom is -0.329 e. The quantitative estimate of drug-likeness (QED) is 0.824. The van der Waals surface area contributed by atoms with Crippen molar-refractivity contribution in [2.24, 2.45) is 11.7 Å². The molecule has 2 N–H and O–H groups in total. The maximum Gasteiger partial charge on any atom is 0.0335 e. The van der Waals surface area contributed by atoms with Crippen LogP contribution in [-0.4, -0.2) is 40.6 Å². The van der Waals surface area contributed by atoms with Crippen LogP contribution in [0.2, 0.25) is 0 Å². The van der Waals surface area contributed by atoms with E-state index in [1.54, 1.807) is 0 Å². The average molecular weight is 256 g/mol. The Morgan fingerprint density at radius 1 is 1.41 bits per heavy atom. The van der Waals surface area contributed by atoms with E-state index in [0.717, 1.165) is 12.5 Å². The van der Waals surface area contributed by atoms with E-state index in [1.807, 2.05) is 0 Å². The lowest BCUT2D eigenvalue weighted by Crippen LogP contribution is -2.61. The molecule has 1 saturated heterocycles. The fraction of sp³-hybridized carbons (Fsp3) is 1.00. The van der Waals surface area contributed by atoms with Gasteiger partial charge in [0.1, 0.15) is 0 Å². The van der Waals surface area contributed by atoms with Crippen molar-refractivity contribution in [3.05, 3.63) is 0 Å². The summed E-state index contributed by atoms with van der Waals surface area (Å²) < 4.78 is 0.404. The lowest BCUT2D eigenvalue weighted by molar-refractivity contribution is 0.0355. The Hall–Kier alpha value is 0.270. The predicted molar refractivity (Wildman–Crippen MR) is 77.5 cm³/mol. The zero-order chi connectivity index (χ0) is 12.5. The zero-order valence-electron chi connectivity index (χ0n) is 11.7. The maximum atomic E-state index is 6.17. The van der Waals surface area contributed by atoms with Gasteiger partial charge in [0.25, 0.3) is 0 Å². The summed E-state index contributed by atoms with van der Waals surface area (Å²) in [6, 6.07) is 0. The van der Waals surface area contributed by atoms with Crippen molar-refractivity contribution >= 4 is 11.8 Å². The SMILES string of the molecule is CC1CCCC(CN)(N2CCSC(C)(C)C2)C1. The number of rotatable bonds is 2. The summed E-state index contributed by atoms with van der Waals surface area (Å²) in [5.74, 6) is 2.12. The van der Waals surface area contributed by atoms with Gasteiger partial charge in [-0.05, 0) is 32.6 Å². The van der Waals surface area contributed by atoms with Crippen molar-refractivity contribution in [3.63, 3.8) is 0 Å². The molecule has 2 atom stereocenters. The molecule has 0 aromatic rings. The molecule has 0 aromatic carbocycles. The topological polar surface area (TPSA) is 29.3 Å². The van der Waals surface area contributed by atoms with E-state index in [1.165, 1.54) is 44.5 Å². The molecule has 3 heteroatoms. The smallest absolute Gasteiger partial charge is 0.0335 e. The minimum atomic E-state index is 0.315. The van der Waals surface area contributed by atoms with Crippen molar-refractivity contribution < 1.29 is 0 Å². The largest absolute Gasteiger partial charge is 0.329 e. The average Bonchev–Trinajstić information content (AvgIpc) is 2.27. The molecule has 100 valence electrons. The van der Waals surface area contributed by atoms with Gasteiger partial charge in [-0.25, -0.2) is 0 Å². The number of hydrogen-bond acceptors (Lipinski definition) is 3. The van der Waals surface area contributed by atoms with Crippen molar-refractivity contribution in [2.45, 2.75) is 56.7 Å². The molecule has 1 heterocycles. The lowest BCUT2D eigenvalue weighted by Gasteiger charge is -2.52. The van der Waals surface area contributed by atoms with Crippen LogP contribution in [-0.2, 0) is 0 Å². The normalized spacial score (nSPS) is 39.2. The molecule has 1 saturated carbocycles. The van der Waals surface area contributed by atoms with E-state index in [9.17, 15) is 0 Å². The second-order valence-corrected chi connectivity index (χ2v) is 8.46. The van der Waals surface area contributed by atoms with Crippen LogP contribution >= 0.6 is 11.8 Å². The Kier molecular flexibility index (Phi) is 4.11. The molecule has 0 spiro atoms. The monoisotopic (exact) mass is 256 g/mol. The number of hydrogen-bond donors (Lipinski definition) is 1. The van der Waals surface area contributed by atoms with Crippen LogP contribution in [0.15, 0.2) is 0 Å². The molecule has 1 aliphatic carbocycles. The minimum absolute atomic E-state index is 0.315. The second kappa shape index (κ2) is 5.10. The van der Waals surface area contributed by atoms with Gasteiger partial charge in [0.15, 0.2) is 0 Å². The van der Waals surface area contributed by atoms with Gasteiger partial charge in [-0.3, -0.25) is 4.90 Å². The second-order valence-electron chi connectivity index (χ2n) is 6.66. The number of nitrogens with zero attached hydrogens (tertiary/aromatic N) is 1. The van der Waals surface area contributed by atoms with Crippen molar-refractivity contribution in [1.29, 1.82) is 0 Å². The molecule has 1 aliphatic heterocycles. The standard InChI is InChI=1S/C14H28N2S/c1-12-5-4-6-14(9-12,10-15)16-7-8-17-13(2,3)11-16/h12H,4-11,15H2,1-3H3. The molecule has 17 heavy (non-hydrogen) atoms. The van der Waals surface area contributed by atoms with Crippen LogP contribution < -0.4 is 5.73 Å². The van der Waals surface area contributed by atoms with Gasteiger partial charge in [0, 0.05) is 35.7 Å². The Bertz CT molecular complexity index is 267. The van der Waals surface area contributed by atoms with E-state index in [0.29, 0.717) is 10.3 Å². The molecular weight excluding hydrogens is 228 g/mol. The van der Waals surface area contributed by atoms with Crippen molar-refractivity contribution in [1.82, 2.24) is 4.90 Å². The first-order chi connectivity index (χ1) is 7.97. The van der Waals surface area contributed by atoms with Crippen molar-refractivity contribution in [3.8, 4) is 0 Å². The number of nitrogens with two attached hydrogens (primary N) is 1. The third-order valence-corrected chi connectivity index (χ3v) is 5.84. The third kappa shape index (κ3) is 2.99. The predicted octanol–water partition coefficient (Wildman–Crippen LogP) is 2.72. The molecule has 0 radical (unpaired) electrons. The molecule has 2 aliphatic rings. The molecule has 0 amide bonds. The Morgan fingerprint density at radius 3 is 2.76 bits per heavy atom. The summed E-state index contributed by atoms with van der Waals surface area (Å²) in [7, 11) is 0. The first-order valence-electron chi connectivity index (χ1n) is 7.07. The van der Waals surface area contributed by atoms with Crippen molar-refractivity contribution in [2.75, 3.05) is 25.4 Å². The van der Waals surface area contributed by atoms with Crippen LogP contribution in [0.5, 0.6) is 0 Å². The fourth-order valence-electron chi connectivity index (χ4n) is 3.66. The van der Waals surface area contributed by atoms with Gasteiger partial charge in [-0.1, -0.05) is 19.8 Å². The van der Waals surface area contributed by atoms with Crippen LogP contribution in [0.1, 0.15) is 46.5 Å². The van der Waals surface area contributed by atoms with Gasteiger partial charge in [-0.15, -0.1) is 0 Å². The highest BCUT2D eigenvalue weighted by Crippen LogP contribution is 2.40. The lowest BCUT2D eigenvalue weighted by atomic mass is 9.75. The highest BCUT2D eigenvalue weighted by molar-refractivity contribution is 8.00. The summed E-state index contributed by atoms with van der Waals surface area (Å²) in [4.78, 5) is 2.72. The number of thioether (sulfide) groups is 1. The van der Waals surface area contributed by atoms with Gasteiger partial charge in [0.05, 0.1) is 0 Å². The molecule has 2 fully saturated rings. The summed E-state index contributed by atoms with van der Waals surface area (Å²) in [6.45, 7) is 10.4. The van der Waals surface area contributed by atoms with E-state index in [2.05, 4.69) is 37.4 Å². The fourth-order valence-corrected chi connectivity index (χ4v) is 4.77. The summed E-state index contributed by atoms with van der Waals surface area (Å²) in [5.41, 5.74) is 6.49. The summed E-state index contributed by atoms with van der Waals surface area (Å²) in [6.07, 6.45) is 5.38. The maximum absolute atomic E-state index is 6.17. The van der Waals surface area contributed by atoms with E-state index in [-0.39, 0.29) is 0 Å². The molecule has 2 unspecified atom stereocenters. The van der Waals surface area contributed by atoms with Gasteiger partial charge in [0.2, 0.25) is 0 Å². The van der Waals surface area contributed by atoms with E-state index in [4.69, 9.17) is 5.73 Å². The van der Waals surface area contributed by atoms with Gasteiger partial charge < -0.3 is 5.73 Å². The molecular formula is C14H28N2S. The summed E-state index contributed by atoms with van der Waals surface area (Å²) in [5, 5.41) is 0. The van der Waals surface area contributed by atoms with Gasteiger partial charge >= 0.3 is 0 Å². The van der Waals surface area contributed by atoms with E-state index >= 15 is 0 Å². The van der Waals surface area contributed by atoms with Crippen LogP contribution in [0.4, 0.5) is 0 Å². The van der Waals surface area contributed by atoms with Crippen LogP contribution in [0, 0.1) is 5.92 Å². The Labute approximate surface area is 111 Å². The molecule has 2 nitrogen and oxygen atoms in total. The first kappa shape index (κ1) is 13.7. The zero-order valence-corrected chi connectivity index (χ0v) is 12.5. The Balaban J connectivity index is 2.11. The molecule has 0 aromatic heterocycles. The molecule has 0 bridgehead atoms. The summed E-state index contributed by atoms with van der Waals surface area (Å²) >= 11 is 2.12. The first-order valence-corrected chi connectivity index (χ1v) is 8.05. The van der Waals surface area contributed by atoms with Crippen LogP contribution in [0.25, 0.3) is 0 Å². The van der Waals surface area contributed by atoms with Crippen LogP contribution in [0.3, 0.4) is 0 Å². The van der Waals surface area contributed by atoms with E-state index < -0.39 is 0 Å². The third-order valence-electron chi connectivity index (χ3n) is 4.54. The highest BCUT2D eigenvalue weighted by Gasteiger charge is 2.42.